The van der Waals surface area contributed by atoms with Crippen LogP contribution in [0, 0.1) is 0 Å². The number of rotatable bonds is 10. The molecular weight excluding hydrogens is 524 g/mol. The minimum absolute atomic E-state index is 0. The smallest absolute Gasteiger partial charge is 0.330 e. The maximum atomic E-state index is 13.3. The van der Waals surface area contributed by atoms with Crippen molar-refractivity contribution in [2.45, 2.75) is 6.54 Å². The highest BCUT2D eigenvalue weighted by Gasteiger charge is 2.31. The Hall–Kier alpha value is -5.49. The highest BCUT2D eigenvalue weighted by atomic mass is 16.6. The monoisotopic (exact) mass is 558 g/mol. The lowest BCUT2D eigenvalue weighted by molar-refractivity contribution is 0.0957. The third kappa shape index (κ3) is 6.23. The van der Waals surface area contributed by atoms with Gasteiger partial charge in [0.2, 0.25) is 5.95 Å². The van der Waals surface area contributed by atoms with Crippen molar-refractivity contribution in [2.24, 2.45) is 0 Å². The highest BCUT2D eigenvalue weighted by molar-refractivity contribution is 6.01. The molecule has 0 spiro atoms. The van der Waals surface area contributed by atoms with Gasteiger partial charge in [-0.3, -0.25) is 20.1 Å². The van der Waals surface area contributed by atoms with Crippen molar-refractivity contribution in [1.29, 1.82) is 0 Å². The van der Waals surface area contributed by atoms with E-state index in [2.05, 4.69) is 32.7 Å². The Bertz CT molecular complexity index is 1590. The molecule has 1 aliphatic heterocycles. The van der Waals surface area contributed by atoms with Crippen molar-refractivity contribution < 1.29 is 23.4 Å². The summed E-state index contributed by atoms with van der Waals surface area (Å²) in [5.41, 5.74) is 5.93. The third-order valence-corrected chi connectivity index (χ3v) is 6.01. The molecule has 41 heavy (non-hydrogen) atoms. The number of amides is 3. The molecule has 12 nitrogen and oxygen atoms in total. The number of ether oxygens (including phenoxy) is 1. The number of pyridine rings is 1. The molecule has 3 N–H and O–H groups in total. The number of fused-ring (bicyclic) bond motifs is 1. The first-order valence-corrected chi connectivity index (χ1v) is 12.7. The van der Waals surface area contributed by atoms with Crippen LogP contribution in [-0.4, -0.2) is 52.5 Å². The van der Waals surface area contributed by atoms with E-state index in [-0.39, 0.29) is 21.9 Å². The van der Waals surface area contributed by atoms with E-state index in [0.29, 0.717) is 47.8 Å². The summed E-state index contributed by atoms with van der Waals surface area (Å²) < 4.78 is 5.87. The fourth-order valence-corrected chi connectivity index (χ4v) is 4.07. The summed E-state index contributed by atoms with van der Waals surface area (Å²) in [4.78, 5) is 46.8. The van der Waals surface area contributed by atoms with Crippen LogP contribution in [0.3, 0.4) is 0 Å². The topological polar surface area (TPSA) is 134 Å². The largest absolute Gasteiger partial charge is 0.457 e. The summed E-state index contributed by atoms with van der Waals surface area (Å²) in [6.45, 7) is 4.34. The van der Waals surface area contributed by atoms with E-state index < -0.39 is 0 Å². The Morgan fingerprint density at radius 3 is 2.71 bits per heavy atom. The number of aromatic nitrogens is 3. The number of carbonyl (C=O) groups is 2. The van der Waals surface area contributed by atoms with Crippen LogP contribution in [-0.2, 0) is 11.4 Å². The molecule has 3 heterocycles. The van der Waals surface area contributed by atoms with Crippen molar-refractivity contribution in [1.82, 2.24) is 25.2 Å². The van der Waals surface area contributed by atoms with Crippen LogP contribution in [0.25, 0.3) is 0 Å². The molecule has 0 fully saturated rings. The second kappa shape index (κ2) is 12.1. The van der Waals surface area contributed by atoms with Gasteiger partial charge in [0.1, 0.15) is 17.2 Å². The first-order chi connectivity index (χ1) is 19.9. The summed E-state index contributed by atoms with van der Waals surface area (Å²) in [5.74, 6) is 1.57. The fraction of sp³-hybridized carbons (Fsp3) is 0.138. The first-order valence-electron chi connectivity index (χ1n) is 12.7. The molecule has 0 atom stereocenters. The summed E-state index contributed by atoms with van der Waals surface area (Å²) >= 11 is 0. The standard InChI is InChI=1S/C29H28N8O4.3H2/c1-4-14-40-35-21-6-5-7-22(15-21)37-26-19(18-36(3)29(37)39)17-32-28(34-26)33-20-8-10-23(11-9-20)41-24-12-13-31-25(16-24)27(38)30-2;;;/h4-13,15-17,35H,1,14,18H2,2-3H3,(H,30,38)(H,32,33,34);3*1H. The van der Waals surface area contributed by atoms with Crippen LogP contribution >= 0.6 is 0 Å². The molecule has 0 unspecified atom stereocenters. The number of hydrogen-bond donors (Lipinski definition) is 3. The van der Waals surface area contributed by atoms with Crippen LogP contribution in [0.4, 0.5) is 33.6 Å². The van der Waals surface area contributed by atoms with E-state index in [4.69, 9.17) is 14.6 Å². The molecule has 0 saturated carbocycles. The lowest BCUT2D eigenvalue weighted by Gasteiger charge is -2.34. The van der Waals surface area contributed by atoms with Gasteiger partial charge < -0.3 is 20.3 Å². The van der Waals surface area contributed by atoms with Gasteiger partial charge in [-0.2, -0.15) is 4.98 Å². The molecule has 3 amide bonds. The van der Waals surface area contributed by atoms with E-state index in [1.54, 1.807) is 66.5 Å². The zero-order valence-electron chi connectivity index (χ0n) is 22.5. The molecular formula is C29H34N8O4. The number of carbonyl (C=O) groups excluding carboxylic acids is 2. The van der Waals surface area contributed by atoms with Gasteiger partial charge in [0.15, 0.2) is 5.82 Å². The van der Waals surface area contributed by atoms with Crippen LogP contribution in [0.15, 0.2) is 85.7 Å². The van der Waals surface area contributed by atoms with Gasteiger partial charge in [-0.15, -0.1) is 6.58 Å². The van der Waals surface area contributed by atoms with Crippen molar-refractivity contribution in [3.8, 4) is 11.5 Å². The molecule has 1 aliphatic rings. The number of nitrogens with zero attached hydrogens (tertiary/aromatic N) is 5. The molecule has 0 bridgehead atoms. The maximum Gasteiger partial charge on any atom is 0.330 e. The van der Waals surface area contributed by atoms with E-state index >= 15 is 0 Å². The average molecular weight is 559 g/mol. The third-order valence-electron chi connectivity index (χ3n) is 6.01. The molecule has 0 saturated heterocycles. The molecule has 2 aromatic heterocycles. The minimum atomic E-state index is -0.297. The van der Waals surface area contributed by atoms with Gasteiger partial charge in [0.05, 0.1) is 24.5 Å². The first kappa shape index (κ1) is 27.1. The SMILES string of the molecule is C=CCONc1cccc(N2C(=O)N(C)Cc3cnc(Nc4ccc(Oc5ccnc(C(=O)NC)c5)cc4)nc32)c1.[HH].[HH].[HH]. The summed E-state index contributed by atoms with van der Waals surface area (Å²) in [6.07, 6.45) is 4.85. The highest BCUT2D eigenvalue weighted by Crippen LogP contribution is 2.35. The second-order valence-electron chi connectivity index (χ2n) is 8.98. The Labute approximate surface area is 241 Å². The van der Waals surface area contributed by atoms with Gasteiger partial charge >= 0.3 is 6.03 Å². The number of anilines is 5. The van der Waals surface area contributed by atoms with E-state index in [1.165, 1.54) is 6.20 Å². The molecule has 5 rings (SSSR count). The van der Waals surface area contributed by atoms with Gasteiger partial charge in [-0.1, -0.05) is 12.1 Å². The van der Waals surface area contributed by atoms with E-state index in [9.17, 15) is 9.59 Å². The summed E-state index contributed by atoms with van der Waals surface area (Å²) in [7, 11) is 3.27. The van der Waals surface area contributed by atoms with Crippen molar-refractivity contribution >= 4 is 40.8 Å². The van der Waals surface area contributed by atoms with E-state index in [0.717, 1.165) is 11.3 Å². The molecule has 0 radical (unpaired) electrons. The Kier molecular flexibility index (Phi) is 8.02. The Morgan fingerprint density at radius 1 is 1.10 bits per heavy atom. The van der Waals surface area contributed by atoms with Gasteiger partial charge in [-0.25, -0.2) is 14.7 Å². The Morgan fingerprint density at radius 2 is 1.93 bits per heavy atom. The second-order valence-corrected chi connectivity index (χ2v) is 8.98. The average Bonchev–Trinajstić information content (AvgIpc) is 2.99. The summed E-state index contributed by atoms with van der Waals surface area (Å²) in [5, 5.41) is 5.72. The lowest BCUT2D eigenvalue weighted by atomic mass is 10.2. The van der Waals surface area contributed by atoms with Crippen LogP contribution < -0.4 is 25.8 Å². The fourth-order valence-electron chi connectivity index (χ4n) is 4.07. The van der Waals surface area contributed by atoms with Crippen molar-refractivity contribution in [2.75, 3.05) is 36.4 Å². The van der Waals surface area contributed by atoms with Gasteiger partial charge in [0, 0.05) is 48.1 Å². The number of urea groups is 1. The molecule has 4 aromatic rings. The number of benzene rings is 2. The number of hydrogen-bond acceptors (Lipinski definition) is 9. The summed E-state index contributed by atoms with van der Waals surface area (Å²) in [6, 6.07) is 17.5. The predicted molar refractivity (Wildman–Crippen MR) is 161 cm³/mol. The quantitative estimate of drug-likeness (QED) is 0.127. The van der Waals surface area contributed by atoms with Crippen LogP contribution in [0.5, 0.6) is 11.5 Å². The van der Waals surface area contributed by atoms with Crippen LogP contribution in [0.2, 0.25) is 0 Å². The lowest BCUT2D eigenvalue weighted by Crippen LogP contribution is -2.43. The van der Waals surface area contributed by atoms with Crippen LogP contribution in [0.1, 0.15) is 20.3 Å². The Balaban J connectivity index is 0.00000225. The van der Waals surface area contributed by atoms with Gasteiger partial charge in [-0.05, 0) is 48.5 Å². The molecule has 214 valence electrons. The predicted octanol–water partition coefficient (Wildman–Crippen LogP) is 5.74. The number of nitrogens with one attached hydrogen (secondary N) is 3. The van der Waals surface area contributed by atoms with E-state index in [1.807, 2.05) is 30.3 Å². The normalized spacial score (nSPS) is 12.4. The minimum Gasteiger partial charge on any atom is -0.457 e. The molecule has 2 aromatic carbocycles. The molecule has 0 aliphatic carbocycles. The maximum absolute atomic E-state index is 13.3. The van der Waals surface area contributed by atoms with Gasteiger partial charge in [0.25, 0.3) is 5.91 Å². The zero-order chi connectivity index (χ0) is 28.8. The zero-order valence-corrected chi connectivity index (χ0v) is 22.5. The van der Waals surface area contributed by atoms with Crippen molar-refractivity contribution in [3.63, 3.8) is 0 Å². The molecule has 12 heteroatoms. The van der Waals surface area contributed by atoms with Crippen molar-refractivity contribution in [3.05, 3.63) is 97.0 Å².